The minimum Gasteiger partial charge on any atom is -0.339 e. The van der Waals surface area contributed by atoms with E-state index in [-0.39, 0.29) is 5.91 Å². The first-order chi connectivity index (χ1) is 9.63. The van der Waals surface area contributed by atoms with Gasteiger partial charge in [-0.15, -0.1) is 0 Å². The van der Waals surface area contributed by atoms with Gasteiger partial charge in [0.15, 0.2) is 0 Å². The quantitative estimate of drug-likeness (QED) is 0.840. The van der Waals surface area contributed by atoms with E-state index < -0.39 is 0 Å². The molecule has 1 aromatic heterocycles. The second-order valence-corrected chi connectivity index (χ2v) is 5.80. The number of aryl methyl sites for hydroxylation is 2. The summed E-state index contributed by atoms with van der Waals surface area (Å²) in [5, 5.41) is 1.26. The van der Waals surface area contributed by atoms with Crippen molar-refractivity contribution in [3.63, 3.8) is 0 Å². The van der Waals surface area contributed by atoms with Crippen LogP contribution in [0.15, 0.2) is 18.2 Å². The summed E-state index contributed by atoms with van der Waals surface area (Å²) in [5.74, 6) is 0.205. The van der Waals surface area contributed by atoms with Gasteiger partial charge in [-0.25, -0.2) is 0 Å². The van der Waals surface area contributed by atoms with Gasteiger partial charge in [-0.1, -0.05) is 25.0 Å². The Morgan fingerprint density at radius 2 is 2.10 bits per heavy atom. The molecule has 3 nitrogen and oxygen atoms in total. The molecule has 106 valence electrons. The summed E-state index contributed by atoms with van der Waals surface area (Å²) in [6, 6.07) is 6.46. The van der Waals surface area contributed by atoms with Gasteiger partial charge in [0.25, 0.3) is 5.91 Å². The fraction of sp³-hybridized carbons (Fsp3) is 0.471. The van der Waals surface area contributed by atoms with E-state index in [0.717, 1.165) is 38.0 Å². The van der Waals surface area contributed by atoms with E-state index >= 15 is 0 Å². The fourth-order valence-electron chi connectivity index (χ4n) is 3.22. The maximum Gasteiger partial charge on any atom is 0.270 e. The predicted molar refractivity (Wildman–Crippen MR) is 82.2 cm³/mol. The van der Waals surface area contributed by atoms with Gasteiger partial charge >= 0.3 is 0 Å². The van der Waals surface area contributed by atoms with Crippen molar-refractivity contribution in [2.24, 2.45) is 7.05 Å². The summed E-state index contributed by atoms with van der Waals surface area (Å²) in [5.41, 5.74) is 4.56. The molecule has 0 aliphatic carbocycles. The summed E-state index contributed by atoms with van der Waals surface area (Å²) in [4.78, 5) is 14.7. The molecule has 0 saturated heterocycles. The first-order valence-corrected chi connectivity index (χ1v) is 7.50. The number of aromatic nitrogens is 1. The Balaban J connectivity index is 2.09. The molecule has 1 aliphatic heterocycles. The Hall–Kier alpha value is -1.77. The summed E-state index contributed by atoms with van der Waals surface area (Å²) < 4.78 is 2.07. The molecule has 0 spiro atoms. The number of carbonyl (C=O) groups excluding carboxylic acids is 1. The molecule has 3 heteroatoms. The second kappa shape index (κ2) is 4.97. The average molecular weight is 270 g/mol. The van der Waals surface area contributed by atoms with E-state index in [0.29, 0.717) is 0 Å². The molecule has 0 bridgehead atoms. The number of unbranched alkanes of at least 4 members (excludes halogenated alkanes) is 1. The lowest BCUT2D eigenvalue weighted by molar-refractivity contribution is 0.0728. The highest BCUT2D eigenvalue weighted by atomic mass is 16.2. The Kier molecular flexibility index (Phi) is 3.28. The first-order valence-electron chi connectivity index (χ1n) is 7.50. The number of amides is 1. The zero-order valence-electron chi connectivity index (χ0n) is 12.6. The van der Waals surface area contributed by atoms with Crippen molar-refractivity contribution in [3.8, 4) is 0 Å². The first kappa shape index (κ1) is 13.2. The smallest absolute Gasteiger partial charge is 0.270 e. The highest BCUT2D eigenvalue weighted by Crippen LogP contribution is 2.30. The molecule has 0 saturated carbocycles. The van der Waals surface area contributed by atoms with Crippen LogP contribution in [0.1, 0.15) is 41.4 Å². The molecule has 20 heavy (non-hydrogen) atoms. The van der Waals surface area contributed by atoms with Gasteiger partial charge in [0.2, 0.25) is 0 Å². The molecule has 1 amide bonds. The van der Waals surface area contributed by atoms with Crippen molar-refractivity contribution in [2.75, 3.05) is 13.1 Å². The number of nitrogens with zero attached hydrogens (tertiary/aromatic N) is 2. The highest BCUT2D eigenvalue weighted by Gasteiger charge is 2.29. The van der Waals surface area contributed by atoms with E-state index in [1.54, 1.807) is 0 Å². The van der Waals surface area contributed by atoms with Crippen LogP contribution in [0, 0.1) is 6.92 Å². The third kappa shape index (κ3) is 1.92. The normalized spacial score (nSPS) is 14.9. The van der Waals surface area contributed by atoms with Crippen LogP contribution in [0.2, 0.25) is 0 Å². The maximum absolute atomic E-state index is 12.7. The number of hydrogen-bond acceptors (Lipinski definition) is 1. The molecule has 0 N–H and O–H groups in total. The lowest BCUT2D eigenvalue weighted by Crippen LogP contribution is -2.39. The van der Waals surface area contributed by atoms with Crippen molar-refractivity contribution in [1.29, 1.82) is 0 Å². The minimum atomic E-state index is 0.205. The van der Waals surface area contributed by atoms with Crippen LogP contribution in [0.25, 0.3) is 10.9 Å². The molecule has 3 rings (SSSR count). The number of fused-ring (bicyclic) bond motifs is 3. The lowest BCUT2D eigenvalue weighted by atomic mass is 10.0. The van der Waals surface area contributed by atoms with Gasteiger partial charge in [0.05, 0.1) is 0 Å². The molecule has 2 heterocycles. The third-order valence-electron chi connectivity index (χ3n) is 4.36. The van der Waals surface area contributed by atoms with Crippen molar-refractivity contribution >= 4 is 16.8 Å². The Morgan fingerprint density at radius 3 is 2.85 bits per heavy atom. The molecular weight excluding hydrogens is 248 g/mol. The molecule has 0 unspecified atom stereocenters. The molecule has 2 aromatic rings. The maximum atomic E-state index is 12.7. The van der Waals surface area contributed by atoms with Crippen molar-refractivity contribution < 1.29 is 4.79 Å². The van der Waals surface area contributed by atoms with Gasteiger partial charge in [-0.05, 0) is 37.5 Å². The molecular formula is C17H22N2O. The lowest BCUT2D eigenvalue weighted by Gasteiger charge is -2.27. The molecule has 1 aromatic carbocycles. The van der Waals surface area contributed by atoms with Gasteiger partial charge in [-0.3, -0.25) is 4.79 Å². The fourth-order valence-corrected chi connectivity index (χ4v) is 3.22. The van der Waals surface area contributed by atoms with Crippen LogP contribution < -0.4 is 0 Å². The zero-order chi connectivity index (χ0) is 14.3. The standard InChI is InChI=1S/C17H22N2O/c1-4-5-9-19-10-8-13-14-11-12(2)6-7-15(14)18(3)16(13)17(19)20/h6-7,11H,4-5,8-10H2,1-3H3. The number of carbonyl (C=O) groups is 1. The van der Waals surface area contributed by atoms with E-state index in [9.17, 15) is 4.79 Å². The van der Waals surface area contributed by atoms with Crippen molar-refractivity contribution in [1.82, 2.24) is 9.47 Å². The van der Waals surface area contributed by atoms with Crippen LogP contribution >= 0.6 is 0 Å². The molecule has 0 fully saturated rings. The average Bonchev–Trinajstić information content (AvgIpc) is 2.71. The van der Waals surface area contributed by atoms with E-state index in [1.165, 1.54) is 22.0 Å². The third-order valence-corrected chi connectivity index (χ3v) is 4.36. The summed E-state index contributed by atoms with van der Waals surface area (Å²) in [6.45, 7) is 6.02. The topological polar surface area (TPSA) is 25.2 Å². The number of hydrogen-bond donors (Lipinski definition) is 0. The Morgan fingerprint density at radius 1 is 1.30 bits per heavy atom. The van der Waals surface area contributed by atoms with Gasteiger partial charge < -0.3 is 9.47 Å². The molecule has 0 radical (unpaired) electrons. The minimum absolute atomic E-state index is 0.205. The SMILES string of the molecule is CCCCN1CCc2c(n(C)c3ccc(C)cc23)C1=O. The zero-order valence-corrected chi connectivity index (χ0v) is 12.6. The van der Waals surface area contributed by atoms with E-state index in [1.807, 2.05) is 11.9 Å². The van der Waals surface area contributed by atoms with Crippen LogP contribution in [0.3, 0.4) is 0 Å². The number of benzene rings is 1. The van der Waals surface area contributed by atoms with Gasteiger partial charge in [0, 0.05) is 31.0 Å². The van der Waals surface area contributed by atoms with Crippen LogP contribution in [-0.4, -0.2) is 28.5 Å². The summed E-state index contributed by atoms with van der Waals surface area (Å²) >= 11 is 0. The highest BCUT2D eigenvalue weighted by molar-refractivity contribution is 6.03. The monoisotopic (exact) mass is 270 g/mol. The van der Waals surface area contributed by atoms with E-state index in [4.69, 9.17) is 0 Å². The van der Waals surface area contributed by atoms with Crippen molar-refractivity contribution in [3.05, 3.63) is 35.0 Å². The van der Waals surface area contributed by atoms with Crippen LogP contribution in [0.5, 0.6) is 0 Å². The van der Waals surface area contributed by atoms with Gasteiger partial charge in [-0.2, -0.15) is 0 Å². The Bertz CT molecular complexity index is 669. The Labute approximate surface area is 120 Å². The second-order valence-electron chi connectivity index (χ2n) is 5.80. The number of rotatable bonds is 3. The summed E-state index contributed by atoms with van der Waals surface area (Å²) in [7, 11) is 2.01. The molecule has 0 atom stereocenters. The van der Waals surface area contributed by atoms with Gasteiger partial charge in [0.1, 0.15) is 5.69 Å². The van der Waals surface area contributed by atoms with E-state index in [2.05, 4.69) is 36.6 Å². The predicted octanol–water partition coefficient (Wildman–Crippen LogP) is 3.29. The van der Waals surface area contributed by atoms with Crippen molar-refractivity contribution in [2.45, 2.75) is 33.1 Å². The summed E-state index contributed by atoms with van der Waals surface area (Å²) in [6.07, 6.45) is 3.20. The van der Waals surface area contributed by atoms with Crippen LogP contribution in [0.4, 0.5) is 0 Å². The molecule has 1 aliphatic rings. The van der Waals surface area contributed by atoms with Crippen LogP contribution in [-0.2, 0) is 13.5 Å². The largest absolute Gasteiger partial charge is 0.339 e.